The molecule has 41 heavy (non-hydrogen) atoms. The molecule has 0 radical (unpaired) electrons. The number of aryl methyl sites for hydroxylation is 2. The van der Waals surface area contributed by atoms with Crippen molar-refractivity contribution in [3.63, 3.8) is 0 Å². The van der Waals surface area contributed by atoms with Gasteiger partial charge >= 0.3 is 11.1 Å². The number of nitrogens with one attached hydrogen (secondary N) is 2. The summed E-state index contributed by atoms with van der Waals surface area (Å²) in [5.41, 5.74) is 9.33. The van der Waals surface area contributed by atoms with E-state index in [0.717, 1.165) is 66.7 Å². The summed E-state index contributed by atoms with van der Waals surface area (Å²) in [7, 11) is 1.64. The summed E-state index contributed by atoms with van der Waals surface area (Å²) in [6.07, 6.45) is 6.75. The van der Waals surface area contributed by atoms with Gasteiger partial charge in [0.25, 0.3) is 0 Å². The maximum Gasteiger partial charge on any atom is 0.316 e. The molecule has 7 rings (SSSR count). The van der Waals surface area contributed by atoms with E-state index in [1.165, 1.54) is 45.3 Å². The highest BCUT2D eigenvalue weighted by atomic mass is 16.2. The van der Waals surface area contributed by atoms with Gasteiger partial charge in [-0.2, -0.15) is 0 Å². The van der Waals surface area contributed by atoms with E-state index < -0.39 is 11.1 Å². The molecule has 0 amide bonds. The lowest BCUT2D eigenvalue weighted by molar-refractivity contribution is 0.404. The van der Waals surface area contributed by atoms with E-state index in [4.69, 9.17) is 4.98 Å². The fraction of sp³-hybridized carbons (Fsp3) is 0.382. The van der Waals surface area contributed by atoms with Crippen molar-refractivity contribution in [2.45, 2.75) is 57.8 Å². The zero-order valence-electron chi connectivity index (χ0n) is 24.1. The number of rotatable bonds is 6. The second-order valence-electron chi connectivity index (χ2n) is 12.3. The highest BCUT2D eigenvalue weighted by Gasteiger charge is 2.40. The molecule has 0 unspecified atom stereocenters. The Hall–Kier alpha value is -4.13. The number of benzene rings is 3. The second-order valence-corrected chi connectivity index (χ2v) is 12.3. The minimum atomic E-state index is -0.572. The summed E-state index contributed by atoms with van der Waals surface area (Å²) >= 11 is 0. The van der Waals surface area contributed by atoms with Crippen LogP contribution in [0.1, 0.15) is 56.2 Å². The Bertz CT molecular complexity index is 1900. The summed E-state index contributed by atoms with van der Waals surface area (Å²) in [5, 5.41) is 0. The predicted molar refractivity (Wildman–Crippen MR) is 166 cm³/mol. The zero-order chi connectivity index (χ0) is 28.3. The van der Waals surface area contributed by atoms with E-state index in [0.29, 0.717) is 11.3 Å². The molecule has 2 N–H and O–H groups in total. The van der Waals surface area contributed by atoms with Gasteiger partial charge in [-0.1, -0.05) is 38.1 Å². The number of H-pyrrole nitrogens is 2. The van der Waals surface area contributed by atoms with Gasteiger partial charge < -0.3 is 19.4 Å². The molecule has 210 valence electrons. The van der Waals surface area contributed by atoms with Crippen LogP contribution in [0.4, 0.5) is 5.69 Å². The molecular weight excluding hydrogens is 510 g/mol. The Morgan fingerprint density at radius 2 is 1.78 bits per heavy atom. The van der Waals surface area contributed by atoms with Crippen molar-refractivity contribution in [3.8, 4) is 11.4 Å². The van der Waals surface area contributed by atoms with Crippen molar-refractivity contribution in [2.75, 3.05) is 18.0 Å². The van der Waals surface area contributed by atoms with Gasteiger partial charge in [0.05, 0.1) is 22.2 Å². The SMILES string of the molecule is CCc1ccc(-c2nc3c(N4CCC(Cc5ccc6c(c5)[nH]c(=O)c(=O)n6C)CC4)cccc3[nH]2)cc1C1(C)CC1. The van der Waals surface area contributed by atoms with Gasteiger partial charge in [-0.05, 0) is 96.9 Å². The normalized spacial score (nSPS) is 17.0. The Kier molecular flexibility index (Phi) is 6.14. The summed E-state index contributed by atoms with van der Waals surface area (Å²) in [6, 6.07) is 19.4. The van der Waals surface area contributed by atoms with Crippen molar-refractivity contribution in [1.82, 2.24) is 19.5 Å². The number of aromatic amines is 2. The molecule has 1 saturated carbocycles. The van der Waals surface area contributed by atoms with E-state index in [2.05, 4.69) is 71.2 Å². The van der Waals surface area contributed by atoms with Gasteiger partial charge in [-0.3, -0.25) is 9.59 Å². The topological polar surface area (TPSA) is 86.8 Å². The van der Waals surface area contributed by atoms with Crippen LogP contribution in [0.2, 0.25) is 0 Å². The molecule has 0 atom stereocenters. The third-order valence-electron chi connectivity index (χ3n) is 9.55. The maximum atomic E-state index is 12.0. The van der Waals surface area contributed by atoms with Gasteiger partial charge in [0.2, 0.25) is 0 Å². The van der Waals surface area contributed by atoms with Crippen molar-refractivity contribution in [3.05, 3.63) is 92.0 Å². The summed E-state index contributed by atoms with van der Waals surface area (Å²) in [4.78, 5) is 37.9. The molecule has 3 aromatic carbocycles. The highest BCUT2D eigenvalue weighted by Crippen LogP contribution is 2.49. The molecule has 0 spiro atoms. The largest absolute Gasteiger partial charge is 0.370 e. The standard InChI is InChI=1S/C34H37N5O2/c1-4-23-9-10-24(20-25(23)34(2)14-15-34)31-35-26-6-5-7-29(30(26)37-31)39-16-12-21(13-17-39)18-22-8-11-28-27(19-22)36-32(40)33(41)38(28)3/h5-11,19-21H,4,12-18H2,1-3H3,(H,35,37)(H,36,40). The summed E-state index contributed by atoms with van der Waals surface area (Å²) in [5.74, 6) is 1.51. The summed E-state index contributed by atoms with van der Waals surface area (Å²) < 4.78 is 1.42. The Morgan fingerprint density at radius 1 is 0.976 bits per heavy atom. The zero-order valence-corrected chi connectivity index (χ0v) is 24.1. The van der Waals surface area contributed by atoms with Crippen LogP contribution in [0.5, 0.6) is 0 Å². The van der Waals surface area contributed by atoms with Crippen LogP contribution in [0.25, 0.3) is 33.5 Å². The lowest BCUT2D eigenvalue weighted by atomic mass is 9.89. The highest BCUT2D eigenvalue weighted by molar-refractivity contribution is 5.91. The van der Waals surface area contributed by atoms with Crippen molar-refractivity contribution < 1.29 is 0 Å². The maximum absolute atomic E-state index is 12.0. The number of anilines is 1. The third-order valence-corrected chi connectivity index (χ3v) is 9.55. The smallest absolute Gasteiger partial charge is 0.316 e. The number of hydrogen-bond acceptors (Lipinski definition) is 4. The molecule has 7 nitrogen and oxygen atoms in total. The molecule has 7 heteroatoms. The van der Waals surface area contributed by atoms with Crippen molar-refractivity contribution >= 4 is 27.8 Å². The Morgan fingerprint density at radius 3 is 2.54 bits per heavy atom. The van der Waals surface area contributed by atoms with Gasteiger partial charge in [0.15, 0.2) is 0 Å². The molecule has 5 aromatic rings. The fourth-order valence-corrected chi connectivity index (χ4v) is 6.71. The number of para-hydroxylation sites is 1. The van der Waals surface area contributed by atoms with Gasteiger partial charge in [0, 0.05) is 25.7 Å². The average molecular weight is 548 g/mol. The number of piperidine rings is 1. The molecule has 0 bridgehead atoms. The minimum Gasteiger partial charge on any atom is -0.370 e. The Labute approximate surface area is 239 Å². The first-order chi connectivity index (χ1) is 19.8. The Balaban J connectivity index is 1.09. The first-order valence-electron chi connectivity index (χ1n) is 14.9. The molecule has 1 saturated heterocycles. The first-order valence-corrected chi connectivity index (χ1v) is 14.9. The van der Waals surface area contributed by atoms with E-state index >= 15 is 0 Å². The van der Waals surface area contributed by atoms with E-state index in [1.807, 2.05) is 12.1 Å². The van der Waals surface area contributed by atoms with Crippen LogP contribution >= 0.6 is 0 Å². The molecule has 1 aliphatic heterocycles. The average Bonchev–Trinajstić information content (AvgIpc) is 3.58. The molecule has 3 heterocycles. The molecular formula is C34H37N5O2. The van der Waals surface area contributed by atoms with Gasteiger partial charge in [-0.15, -0.1) is 0 Å². The number of hydrogen-bond donors (Lipinski definition) is 2. The second kappa shape index (κ2) is 9.75. The van der Waals surface area contributed by atoms with Gasteiger partial charge in [-0.25, -0.2) is 4.98 Å². The van der Waals surface area contributed by atoms with Crippen LogP contribution in [0.15, 0.2) is 64.2 Å². The van der Waals surface area contributed by atoms with Crippen LogP contribution in [-0.4, -0.2) is 32.6 Å². The summed E-state index contributed by atoms with van der Waals surface area (Å²) in [6.45, 7) is 6.60. The molecule has 2 fully saturated rings. The first kappa shape index (κ1) is 25.8. The number of imidazole rings is 1. The van der Waals surface area contributed by atoms with E-state index in [-0.39, 0.29) is 0 Å². The molecule has 2 aromatic heterocycles. The monoisotopic (exact) mass is 547 g/mol. The van der Waals surface area contributed by atoms with Crippen LogP contribution in [0.3, 0.4) is 0 Å². The van der Waals surface area contributed by atoms with Crippen molar-refractivity contribution in [2.24, 2.45) is 13.0 Å². The van der Waals surface area contributed by atoms with Crippen LogP contribution in [0, 0.1) is 5.92 Å². The van der Waals surface area contributed by atoms with Gasteiger partial charge in [0.1, 0.15) is 11.3 Å². The van der Waals surface area contributed by atoms with E-state index in [9.17, 15) is 9.59 Å². The lowest BCUT2D eigenvalue weighted by Gasteiger charge is -2.33. The van der Waals surface area contributed by atoms with Crippen LogP contribution < -0.4 is 16.0 Å². The van der Waals surface area contributed by atoms with E-state index in [1.54, 1.807) is 7.05 Å². The minimum absolute atomic E-state index is 0.325. The molecule has 1 aliphatic carbocycles. The number of aromatic nitrogens is 4. The predicted octanol–water partition coefficient (Wildman–Crippen LogP) is 5.84. The van der Waals surface area contributed by atoms with Crippen LogP contribution in [-0.2, 0) is 25.3 Å². The fourth-order valence-electron chi connectivity index (χ4n) is 6.71. The lowest BCUT2D eigenvalue weighted by Crippen LogP contribution is -2.35. The third kappa shape index (κ3) is 4.57. The van der Waals surface area contributed by atoms with Crippen molar-refractivity contribution in [1.29, 1.82) is 0 Å². The quantitative estimate of drug-likeness (QED) is 0.261. The number of nitrogens with zero attached hydrogens (tertiary/aromatic N) is 3. The number of fused-ring (bicyclic) bond motifs is 2. The molecule has 2 aliphatic rings.